The van der Waals surface area contributed by atoms with Gasteiger partial charge in [-0.15, -0.1) is 0 Å². The number of benzene rings is 1. The van der Waals surface area contributed by atoms with Gasteiger partial charge >= 0.3 is 0 Å². The lowest BCUT2D eigenvalue weighted by atomic mass is 10.1. The van der Waals surface area contributed by atoms with Gasteiger partial charge in [0.15, 0.2) is 0 Å². The van der Waals surface area contributed by atoms with Gasteiger partial charge in [0.25, 0.3) is 0 Å². The molecule has 17 heavy (non-hydrogen) atoms. The molecule has 6 heteroatoms. The van der Waals surface area contributed by atoms with Crippen LogP contribution in [0.4, 0.5) is 4.39 Å². The van der Waals surface area contributed by atoms with Crippen molar-refractivity contribution in [3.8, 4) is 0 Å². The van der Waals surface area contributed by atoms with Crippen molar-refractivity contribution in [2.24, 2.45) is 5.73 Å². The normalized spacial score (nSPS) is 12.8. The van der Waals surface area contributed by atoms with Crippen molar-refractivity contribution in [2.75, 3.05) is 6.54 Å². The second kappa shape index (κ2) is 4.72. The first kappa shape index (κ1) is 14.1. The first-order valence-corrected chi connectivity index (χ1v) is 6.65. The Balaban J connectivity index is 2.98. The minimum Gasteiger partial charge on any atom is -0.324 e. The molecule has 1 rings (SSSR count). The van der Waals surface area contributed by atoms with E-state index in [0.29, 0.717) is 5.56 Å². The summed E-state index contributed by atoms with van der Waals surface area (Å²) in [5.74, 6) is -0.458. The molecule has 1 aromatic rings. The monoisotopic (exact) mass is 260 g/mol. The fourth-order valence-corrected chi connectivity index (χ4v) is 2.72. The van der Waals surface area contributed by atoms with Gasteiger partial charge in [-0.3, -0.25) is 0 Å². The third-order valence-electron chi connectivity index (χ3n) is 2.14. The maximum absolute atomic E-state index is 12.9. The molecule has 0 bridgehead atoms. The lowest BCUT2D eigenvalue weighted by Crippen LogP contribution is -2.45. The van der Waals surface area contributed by atoms with E-state index in [1.807, 2.05) is 0 Å². The summed E-state index contributed by atoms with van der Waals surface area (Å²) in [6, 6.07) is 3.55. The summed E-state index contributed by atoms with van der Waals surface area (Å²) in [7, 11) is -3.64. The molecule has 0 unspecified atom stereocenters. The molecule has 3 N–H and O–H groups in total. The summed E-state index contributed by atoms with van der Waals surface area (Å²) in [6.07, 6.45) is 0. The van der Waals surface area contributed by atoms with E-state index in [1.54, 1.807) is 20.8 Å². The van der Waals surface area contributed by atoms with Crippen molar-refractivity contribution in [1.29, 1.82) is 0 Å². The number of nitrogens with one attached hydrogen (secondary N) is 1. The fraction of sp³-hybridized carbons (Fsp3) is 0.455. The number of halogens is 1. The molecule has 4 nitrogen and oxygen atoms in total. The van der Waals surface area contributed by atoms with E-state index < -0.39 is 21.4 Å². The Labute approximate surface area is 101 Å². The molecule has 0 radical (unpaired) electrons. The SMILES string of the molecule is Cc1cc(F)ccc1S(=O)(=O)NCC(C)(C)N. The van der Waals surface area contributed by atoms with Gasteiger partial charge in [0.05, 0.1) is 4.90 Å². The second-order valence-corrected chi connectivity index (χ2v) is 6.46. The summed E-state index contributed by atoms with van der Waals surface area (Å²) >= 11 is 0. The van der Waals surface area contributed by atoms with E-state index >= 15 is 0 Å². The van der Waals surface area contributed by atoms with Crippen molar-refractivity contribution >= 4 is 10.0 Å². The van der Waals surface area contributed by atoms with Crippen molar-refractivity contribution in [2.45, 2.75) is 31.2 Å². The minimum absolute atomic E-state index is 0.0724. The van der Waals surface area contributed by atoms with Gasteiger partial charge in [-0.25, -0.2) is 17.5 Å². The highest BCUT2D eigenvalue weighted by Crippen LogP contribution is 2.16. The molecule has 0 heterocycles. The van der Waals surface area contributed by atoms with Crippen molar-refractivity contribution in [3.05, 3.63) is 29.6 Å². The van der Waals surface area contributed by atoms with Crippen LogP contribution in [-0.2, 0) is 10.0 Å². The van der Waals surface area contributed by atoms with E-state index in [2.05, 4.69) is 4.72 Å². The quantitative estimate of drug-likeness (QED) is 0.853. The molecule has 1 aromatic carbocycles. The zero-order valence-electron chi connectivity index (χ0n) is 10.1. The van der Waals surface area contributed by atoms with Crippen LogP contribution >= 0.6 is 0 Å². The van der Waals surface area contributed by atoms with Crippen molar-refractivity contribution < 1.29 is 12.8 Å². The van der Waals surface area contributed by atoms with Crippen molar-refractivity contribution in [1.82, 2.24) is 4.72 Å². The average molecular weight is 260 g/mol. The third kappa shape index (κ3) is 4.07. The smallest absolute Gasteiger partial charge is 0.240 e. The van der Waals surface area contributed by atoms with Gasteiger partial charge in [0.1, 0.15) is 5.82 Å². The molecule has 96 valence electrons. The second-order valence-electron chi connectivity index (χ2n) is 4.72. The molecule has 0 aliphatic carbocycles. The minimum atomic E-state index is -3.64. The molecular formula is C11H17FN2O2S. The molecular weight excluding hydrogens is 243 g/mol. The van der Waals surface area contributed by atoms with Crippen LogP contribution in [0.2, 0.25) is 0 Å². The number of nitrogens with two attached hydrogens (primary N) is 1. The van der Waals surface area contributed by atoms with Crippen LogP contribution in [0.25, 0.3) is 0 Å². The van der Waals surface area contributed by atoms with Gasteiger partial charge < -0.3 is 5.73 Å². The number of hydrogen-bond acceptors (Lipinski definition) is 3. The van der Waals surface area contributed by atoms with Crippen LogP contribution in [0.1, 0.15) is 19.4 Å². The van der Waals surface area contributed by atoms with Crippen LogP contribution in [0, 0.1) is 12.7 Å². The Morgan fingerprint density at radius 2 is 2.00 bits per heavy atom. The molecule has 0 fully saturated rings. The Morgan fingerprint density at radius 1 is 1.41 bits per heavy atom. The molecule has 0 saturated carbocycles. The number of hydrogen-bond donors (Lipinski definition) is 2. The predicted octanol–water partition coefficient (Wildman–Crippen LogP) is 1.15. The van der Waals surface area contributed by atoms with E-state index in [1.165, 1.54) is 12.1 Å². The van der Waals surface area contributed by atoms with E-state index in [0.717, 1.165) is 6.07 Å². The fourth-order valence-electron chi connectivity index (χ4n) is 1.27. The first-order valence-electron chi connectivity index (χ1n) is 5.16. The largest absolute Gasteiger partial charge is 0.324 e. The van der Waals surface area contributed by atoms with Gasteiger partial charge in [0.2, 0.25) is 10.0 Å². The Morgan fingerprint density at radius 3 is 2.47 bits per heavy atom. The molecule has 0 aliphatic rings. The number of sulfonamides is 1. The highest BCUT2D eigenvalue weighted by atomic mass is 32.2. The zero-order valence-corrected chi connectivity index (χ0v) is 10.9. The van der Waals surface area contributed by atoms with E-state index in [-0.39, 0.29) is 11.4 Å². The Bertz CT molecular complexity index is 507. The predicted molar refractivity (Wildman–Crippen MR) is 64.6 cm³/mol. The summed E-state index contributed by atoms with van der Waals surface area (Å²) in [5, 5.41) is 0. The zero-order chi connectivity index (χ0) is 13.3. The summed E-state index contributed by atoms with van der Waals surface area (Å²) in [5.41, 5.74) is 5.43. The Kier molecular flexibility index (Phi) is 3.91. The molecule has 0 aliphatic heterocycles. The molecule has 0 saturated heterocycles. The molecule has 0 atom stereocenters. The molecule has 0 amide bonds. The summed E-state index contributed by atoms with van der Waals surface area (Å²) < 4.78 is 39.1. The number of rotatable bonds is 4. The van der Waals surface area contributed by atoms with E-state index in [9.17, 15) is 12.8 Å². The lowest BCUT2D eigenvalue weighted by Gasteiger charge is -2.19. The van der Waals surface area contributed by atoms with Crippen LogP contribution in [-0.4, -0.2) is 20.5 Å². The average Bonchev–Trinajstić information content (AvgIpc) is 2.13. The van der Waals surface area contributed by atoms with Crippen LogP contribution in [0.5, 0.6) is 0 Å². The lowest BCUT2D eigenvalue weighted by molar-refractivity contribution is 0.497. The van der Waals surface area contributed by atoms with Gasteiger partial charge in [-0.05, 0) is 44.5 Å². The topological polar surface area (TPSA) is 72.2 Å². The third-order valence-corrected chi connectivity index (χ3v) is 3.71. The van der Waals surface area contributed by atoms with Gasteiger partial charge in [0, 0.05) is 12.1 Å². The first-order chi connectivity index (χ1) is 7.62. The van der Waals surface area contributed by atoms with Gasteiger partial charge in [-0.2, -0.15) is 0 Å². The van der Waals surface area contributed by atoms with Crippen LogP contribution in [0.15, 0.2) is 23.1 Å². The van der Waals surface area contributed by atoms with E-state index in [4.69, 9.17) is 5.73 Å². The molecule has 0 spiro atoms. The summed E-state index contributed by atoms with van der Waals surface area (Å²) in [4.78, 5) is 0.0724. The summed E-state index contributed by atoms with van der Waals surface area (Å²) in [6.45, 7) is 5.09. The standard InChI is InChI=1S/C11H17FN2O2S/c1-8-6-9(12)4-5-10(8)17(15,16)14-7-11(2,3)13/h4-6,14H,7,13H2,1-3H3. The number of aryl methyl sites for hydroxylation is 1. The van der Waals surface area contributed by atoms with Crippen LogP contribution in [0.3, 0.4) is 0 Å². The highest BCUT2D eigenvalue weighted by Gasteiger charge is 2.20. The van der Waals surface area contributed by atoms with Crippen molar-refractivity contribution in [3.63, 3.8) is 0 Å². The molecule has 0 aromatic heterocycles. The highest BCUT2D eigenvalue weighted by molar-refractivity contribution is 7.89. The van der Waals surface area contributed by atoms with Crippen LogP contribution < -0.4 is 10.5 Å². The Hall–Kier alpha value is -0.980. The van der Waals surface area contributed by atoms with Gasteiger partial charge in [-0.1, -0.05) is 0 Å². The maximum Gasteiger partial charge on any atom is 0.240 e. The maximum atomic E-state index is 12.9.